The molecule has 0 aliphatic heterocycles. The van der Waals surface area contributed by atoms with Gasteiger partial charge in [-0.25, -0.2) is 4.98 Å². The molecule has 0 bridgehead atoms. The summed E-state index contributed by atoms with van der Waals surface area (Å²) >= 11 is 3.33. The summed E-state index contributed by atoms with van der Waals surface area (Å²) in [6, 6.07) is 5.32. The number of halogens is 1. The van der Waals surface area contributed by atoms with Crippen molar-refractivity contribution in [3.8, 4) is 0 Å². The summed E-state index contributed by atoms with van der Waals surface area (Å²) in [6.45, 7) is 0.331. The molecule has 18 heavy (non-hydrogen) atoms. The molecule has 0 aliphatic rings. The van der Waals surface area contributed by atoms with E-state index in [1.54, 1.807) is 25.2 Å². The minimum Gasteiger partial charge on any atom is -0.359 e. The van der Waals surface area contributed by atoms with E-state index >= 15 is 0 Å². The largest absolute Gasteiger partial charge is 0.359 e. The van der Waals surface area contributed by atoms with Gasteiger partial charge in [0.2, 0.25) is 5.91 Å². The Kier molecular flexibility index (Phi) is 3.76. The molecule has 0 atom stereocenters. The highest BCUT2D eigenvalue weighted by atomic mass is 79.9. The van der Waals surface area contributed by atoms with Crippen LogP contribution in [0.4, 0.5) is 0 Å². The molecular weight excluding hydrogens is 298 g/mol. The van der Waals surface area contributed by atoms with E-state index in [-0.39, 0.29) is 17.9 Å². The lowest BCUT2D eigenvalue weighted by Gasteiger charge is -2.06. The van der Waals surface area contributed by atoms with Crippen molar-refractivity contribution in [2.45, 2.75) is 13.0 Å². The molecule has 1 aromatic carbocycles. The first-order chi connectivity index (χ1) is 8.61. The molecule has 2 rings (SSSR count). The molecule has 1 aromatic heterocycles. The summed E-state index contributed by atoms with van der Waals surface area (Å²) < 4.78 is 2.33. The SMILES string of the molecule is CNC(=O)CCn1cnc2cc(Br)ccc2c1=O. The molecule has 0 radical (unpaired) electrons. The number of nitrogens with one attached hydrogen (secondary N) is 1. The highest BCUT2D eigenvalue weighted by Crippen LogP contribution is 2.14. The Hall–Kier alpha value is -1.69. The predicted molar refractivity (Wildman–Crippen MR) is 72.4 cm³/mol. The van der Waals surface area contributed by atoms with Gasteiger partial charge in [0.15, 0.2) is 0 Å². The molecule has 6 heteroatoms. The minimum atomic E-state index is -0.128. The van der Waals surface area contributed by atoms with Crippen molar-refractivity contribution < 1.29 is 4.79 Å². The van der Waals surface area contributed by atoms with E-state index in [0.717, 1.165) is 4.47 Å². The maximum absolute atomic E-state index is 12.1. The van der Waals surface area contributed by atoms with Crippen molar-refractivity contribution in [2.24, 2.45) is 0 Å². The van der Waals surface area contributed by atoms with Gasteiger partial charge in [-0.1, -0.05) is 15.9 Å². The van der Waals surface area contributed by atoms with Crippen LogP contribution in [0, 0.1) is 0 Å². The third-order valence-corrected chi connectivity index (χ3v) is 3.14. The fraction of sp³-hybridized carbons (Fsp3) is 0.250. The quantitative estimate of drug-likeness (QED) is 0.929. The van der Waals surface area contributed by atoms with Gasteiger partial charge >= 0.3 is 0 Å². The number of rotatable bonds is 3. The van der Waals surface area contributed by atoms with E-state index in [2.05, 4.69) is 26.2 Å². The number of aryl methyl sites for hydroxylation is 1. The molecule has 94 valence electrons. The van der Waals surface area contributed by atoms with E-state index in [9.17, 15) is 9.59 Å². The van der Waals surface area contributed by atoms with E-state index in [0.29, 0.717) is 17.4 Å². The number of aromatic nitrogens is 2. The number of carbonyl (C=O) groups excluding carboxylic acids is 1. The summed E-state index contributed by atoms with van der Waals surface area (Å²) in [5.41, 5.74) is 0.516. The molecule has 1 heterocycles. The maximum Gasteiger partial charge on any atom is 0.261 e. The normalized spacial score (nSPS) is 10.6. The first-order valence-electron chi connectivity index (χ1n) is 5.47. The smallest absolute Gasteiger partial charge is 0.261 e. The Morgan fingerprint density at radius 1 is 1.50 bits per heavy atom. The van der Waals surface area contributed by atoms with Crippen molar-refractivity contribution in [3.05, 3.63) is 39.4 Å². The second-order valence-corrected chi connectivity index (χ2v) is 4.74. The highest BCUT2D eigenvalue weighted by molar-refractivity contribution is 9.10. The Morgan fingerprint density at radius 2 is 2.28 bits per heavy atom. The molecule has 0 spiro atoms. The molecule has 1 amide bonds. The van der Waals surface area contributed by atoms with E-state index in [4.69, 9.17) is 0 Å². The second kappa shape index (κ2) is 5.30. The summed E-state index contributed by atoms with van der Waals surface area (Å²) in [4.78, 5) is 27.5. The van der Waals surface area contributed by atoms with Crippen LogP contribution < -0.4 is 10.9 Å². The molecule has 0 aliphatic carbocycles. The van der Waals surface area contributed by atoms with E-state index in [1.807, 2.05) is 0 Å². The number of carbonyl (C=O) groups is 1. The monoisotopic (exact) mass is 309 g/mol. The summed E-state index contributed by atoms with van der Waals surface area (Å²) in [7, 11) is 1.57. The van der Waals surface area contributed by atoms with Gasteiger partial charge in [0.05, 0.1) is 17.2 Å². The van der Waals surface area contributed by atoms with Gasteiger partial charge < -0.3 is 5.32 Å². The van der Waals surface area contributed by atoms with Crippen LogP contribution in [-0.2, 0) is 11.3 Å². The van der Waals surface area contributed by atoms with Crippen LogP contribution in [-0.4, -0.2) is 22.5 Å². The summed E-state index contributed by atoms with van der Waals surface area (Å²) in [6.07, 6.45) is 1.74. The lowest BCUT2D eigenvalue weighted by atomic mass is 10.2. The second-order valence-electron chi connectivity index (χ2n) is 3.83. The van der Waals surface area contributed by atoms with Gasteiger partial charge in [-0.15, -0.1) is 0 Å². The Morgan fingerprint density at radius 3 is 3.00 bits per heavy atom. The summed E-state index contributed by atoms with van der Waals surface area (Å²) in [5, 5.41) is 3.07. The minimum absolute atomic E-state index is 0.0993. The zero-order valence-electron chi connectivity index (χ0n) is 9.81. The lowest BCUT2D eigenvalue weighted by Crippen LogP contribution is -2.25. The molecule has 2 aromatic rings. The standard InChI is InChI=1S/C12H12BrN3O2/c1-14-11(17)4-5-16-7-15-10-6-8(13)2-3-9(10)12(16)18/h2-3,6-7H,4-5H2,1H3,(H,14,17). The zero-order valence-corrected chi connectivity index (χ0v) is 11.4. The number of fused-ring (bicyclic) bond motifs is 1. The Balaban J connectivity index is 2.36. The zero-order chi connectivity index (χ0) is 13.1. The molecule has 0 saturated carbocycles. The number of hydrogen-bond donors (Lipinski definition) is 1. The molecule has 1 N–H and O–H groups in total. The predicted octanol–water partition coefficient (Wildman–Crippen LogP) is 1.30. The van der Waals surface area contributed by atoms with Crippen LogP contribution in [0.5, 0.6) is 0 Å². The molecule has 0 unspecified atom stereocenters. The first kappa shape index (κ1) is 12.8. The van der Waals surface area contributed by atoms with Crippen LogP contribution in [0.15, 0.2) is 33.8 Å². The van der Waals surface area contributed by atoms with Crippen LogP contribution >= 0.6 is 15.9 Å². The lowest BCUT2D eigenvalue weighted by molar-refractivity contribution is -0.120. The fourth-order valence-electron chi connectivity index (χ4n) is 1.64. The van der Waals surface area contributed by atoms with Gasteiger partial charge in [0.25, 0.3) is 5.56 Å². The Labute approximate surface area is 112 Å². The van der Waals surface area contributed by atoms with Gasteiger partial charge in [-0.3, -0.25) is 14.2 Å². The summed E-state index contributed by atoms with van der Waals surface area (Å²) in [5.74, 6) is -0.0993. The highest BCUT2D eigenvalue weighted by Gasteiger charge is 2.05. The van der Waals surface area contributed by atoms with E-state index < -0.39 is 0 Å². The molecule has 0 fully saturated rings. The third kappa shape index (κ3) is 2.59. The Bertz CT molecular complexity index is 651. The first-order valence-corrected chi connectivity index (χ1v) is 6.26. The van der Waals surface area contributed by atoms with Crippen molar-refractivity contribution in [1.29, 1.82) is 0 Å². The maximum atomic E-state index is 12.1. The van der Waals surface area contributed by atoms with E-state index in [1.165, 1.54) is 10.9 Å². The topological polar surface area (TPSA) is 64.0 Å². The van der Waals surface area contributed by atoms with Gasteiger partial charge in [0, 0.05) is 24.5 Å². The fourth-order valence-corrected chi connectivity index (χ4v) is 1.99. The van der Waals surface area contributed by atoms with Gasteiger partial charge in [0.1, 0.15) is 0 Å². The molecular formula is C12H12BrN3O2. The van der Waals surface area contributed by atoms with Gasteiger partial charge in [-0.2, -0.15) is 0 Å². The average molecular weight is 310 g/mol. The number of hydrogen-bond acceptors (Lipinski definition) is 3. The third-order valence-electron chi connectivity index (χ3n) is 2.65. The average Bonchev–Trinajstić information content (AvgIpc) is 2.37. The van der Waals surface area contributed by atoms with Crippen molar-refractivity contribution in [3.63, 3.8) is 0 Å². The van der Waals surface area contributed by atoms with Crippen molar-refractivity contribution in [1.82, 2.24) is 14.9 Å². The number of benzene rings is 1. The van der Waals surface area contributed by atoms with Crippen LogP contribution in [0.25, 0.3) is 10.9 Å². The van der Waals surface area contributed by atoms with Crippen LogP contribution in [0.1, 0.15) is 6.42 Å². The van der Waals surface area contributed by atoms with Crippen molar-refractivity contribution >= 4 is 32.7 Å². The van der Waals surface area contributed by atoms with Crippen LogP contribution in [0.3, 0.4) is 0 Å². The number of nitrogens with zero attached hydrogens (tertiary/aromatic N) is 2. The van der Waals surface area contributed by atoms with Gasteiger partial charge in [-0.05, 0) is 18.2 Å². The molecule has 0 saturated heterocycles. The molecule has 5 nitrogen and oxygen atoms in total. The van der Waals surface area contributed by atoms with Crippen molar-refractivity contribution in [2.75, 3.05) is 7.05 Å². The number of amides is 1. The van der Waals surface area contributed by atoms with Crippen LogP contribution in [0.2, 0.25) is 0 Å².